The molecule has 2 aromatic rings. The predicted octanol–water partition coefficient (Wildman–Crippen LogP) is 2.42. The number of hydrogen-bond acceptors (Lipinski definition) is 4. The third-order valence-electron chi connectivity index (χ3n) is 3.09. The van der Waals surface area contributed by atoms with E-state index >= 15 is 0 Å². The van der Waals surface area contributed by atoms with E-state index in [0.29, 0.717) is 11.5 Å². The summed E-state index contributed by atoms with van der Waals surface area (Å²) in [6, 6.07) is 10.4. The Balaban J connectivity index is 1.93. The number of carbonyl (C=O) groups is 1. The van der Waals surface area contributed by atoms with Crippen molar-refractivity contribution >= 4 is 5.91 Å². The van der Waals surface area contributed by atoms with Crippen molar-refractivity contribution in [1.29, 1.82) is 0 Å². The van der Waals surface area contributed by atoms with Gasteiger partial charge < -0.3 is 19.6 Å². The number of nitrogens with one attached hydrogen (secondary N) is 1. The van der Waals surface area contributed by atoms with Gasteiger partial charge in [-0.2, -0.15) is 0 Å². The molecule has 1 amide bonds. The fraction of sp³-hybridized carbons (Fsp3) is 0.312. The Hall–Kier alpha value is -2.27. The number of amides is 1. The van der Waals surface area contributed by atoms with Gasteiger partial charge in [-0.1, -0.05) is 12.1 Å². The van der Waals surface area contributed by atoms with Gasteiger partial charge >= 0.3 is 0 Å². The number of aliphatic hydroxyl groups is 1. The summed E-state index contributed by atoms with van der Waals surface area (Å²) in [5, 5.41) is 11.9. The Morgan fingerprint density at radius 2 is 2.14 bits per heavy atom. The van der Waals surface area contributed by atoms with E-state index in [0.717, 1.165) is 5.56 Å². The zero-order chi connectivity index (χ0) is 15.2. The number of aliphatic hydroxyl groups excluding tert-OH is 1. The first kappa shape index (κ1) is 15.1. The Kier molecular flexibility index (Phi) is 5.00. The van der Waals surface area contributed by atoms with Crippen LogP contribution in [-0.2, 0) is 11.4 Å². The SMILES string of the molecule is CC(Oc1cccc(CO)c1)C(=O)NC(C)c1ccco1. The molecule has 1 heterocycles. The molecule has 2 unspecified atom stereocenters. The van der Waals surface area contributed by atoms with Gasteiger partial charge in [-0.3, -0.25) is 4.79 Å². The lowest BCUT2D eigenvalue weighted by atomic mass is 10.2. The number of benzene rings is 1. The molecule has 0 spiro atoms. The van der Waals surface area contributed by atoms with Gasteiger partial charge in [0.2, 0.25) is 0 Å². The summed E-state index contributed by atoms with van der Waals surface area (Å²) in [4.78, 5) is 12.1. The Labute approximate surface area is 123 Å². The van der Waals surface area contributed by atoms with Crippen molar-refractivity contribution in [1.82, 2.24) is 5.32 Å². The molecule has 1 aromatic heterocycles. The highest BCUT2D eigenvalue weighted by Crippen LogP contribution is 2.16. The van der Waals surface area contributed by atoms with E-state index in [4.69, 9.17) is 14.3 Å². The molecule has 5 heteroatoms. The molecule has 2 rings (SSSR count). The fourth-order valence-electron chi connectivity index (χ4n) is 1.91. The molecule has 2 N–H and O–H groups in total. The number of hydrogen-bond donors (Lipinski definition) is 2. The van der Waals surface area contributed by atoms with Gasteiger partial charge in [0.1, 0.15) is 11.5 Å². The van der Waals surface area contributed by atoms with Crippen molar-refractivity contribution in [3.8, 4) is 5.75 Å². The van der Waals surface area contributed by atoms with Crippen LogP contribution in [0.5, 0.6) is 5.75 Å². The van der Waals surface area contributed by atoms with Crippen molar-refractivity contribution in [2.24, 2.45) is 0 Å². The quantitative estimate of drug-likeness (QED) is 0.856. The van der Waals surface area contributed by atoms with E-state index in [-0.39, 0.29) is 18.6 Å². The zero-order valence-electron chi connectivity index (χ0n) is 12.1. The van der Waals surface area contributed by atoms with E-state index in [2.05, 4.69) is 5.32 Å². The minimum absolute atomic E-state index is 0.0622. The Bertz CT molecular complexity index is 580. The largest absolute Gasteiger partial charge is 0.481 e. The van der Waals surface area contributed by atoms with Gasteiger partial charge in [0, 0.05) is 0 Å². The van der Waals surface area contributed by atoms with Crippen LogP contribution < -0.4 is 10.1 Å². The Morgan fingerprint density at radius 1 is 1.33 bits per heavy atom. The second-order valence-corrected chi connectivity index (χ2v) is 4.81. The monoisotopic (exact) mass is 289 g/mol. The highest BCUT2D eigenvalue weighted by atomic mass is 16.5. The van der Waals surface area contributed by atoms with Gasteiger partial charge in [0.25, 0.3) is 5.91 Å². The lowest BCUT2D eigenvalue weighted by Crippen LogP contribution is -2.37. The number of ether oxygens (including phenoxy) is 1. The highest BCUT2D eigenvalue weighted by molar-refractivity contribution is 5.81. The van der Waals surface area contributed by atoms with E-state index in [1.54, 1.807) is 49.6 Å². The molecule has 112 valence electrons. The maximum atomic E-state index is 12.1. The van der Waals surface area contributed by atoms with Crippen LogP contribution >= 0.6 is 0 Å². The van der Waals surface area contributed by atoms with E-state index in [1.807, 2.05) is 6.92 Å². The average Bonchev–Trinajstić information content (AvgIpc) is 3.01. The van der Waals surface area contributed by atoms with Crippen molar-refractivity contribution < 1.29 is 19.1 Å². The molecule has 0 saturated carbocycles. The maximum absolute atomic E-state index is 12.1. The lowest BCUT2D eigenvalue weighted by Gasteiger charge is -2.17. The van der Waals surface area contributed by atoms with Crippen LogP contribution in [0.1, 0.15) is 31.2 Å². The molecule has 0 fully saturated rings. The van der Waals surface area contributed by atoms with Crippen LogP contribution in [0.15, 0.2) is 47.1 Å². The number of rotatable bonds is 6. The molecule has 0 bridgehead atoms. The molecule has 1 aromatic carbocycles. The standard InChI is InChI=1S/C16H19NO4/c1-11(15-7-4-8-20-15)17-16(19)12(2)21-14-6-3-5-13(9-14)10-18/h3-9,11-12,18H,10H2,1-2H3,(H,17,19). The van der Waals surface area contributed by atoms with Crippen LogP contribution in [0.3, 0.4) is 0 Å². The third kappa shape index (κ3) is 4.10. The molecular formula is C16H19NO4. The minimum Gasteiger partial charge on any atom is -0.481 e. The van der Waals surface area contributed by atoms with Crippen LogP contribution in [-0.4, -0.2) is 17.1 Å². The average molecular weight is 289 g/mol. The van der Waals surface area contributed by atoms with Crippen molar-refractivity contribution in [3.05, 3.63) is 54.0 Å². The van der Waals surface area contributed by atoms with Crippen molar-refractivity contribution in [2.45, 2.75) is 32.6 Å². The molecule has 21 heavy (non-hydrogen) atoms. The second kappa shape index (κ2) is 6.95. The van der Waals surface area contributed by atoms with Gasteiger partial charge in [0.05, 0.1) is 18.9 Å². The van der Waals surface area contributed by atoms with Gasteiger partial charge in [-0.05, 0) is 43.7 Å². The lowest BCUT2D eigenvalue weighted by molar-refractivity contribution is -0.128. The zero-order valence-corrected chi connectivity index (χ0v) is 12.1. The summed E-state index contributed by atoms with van der Waals surface area (Å²) in [7, 11) is 0. The summed E-state index contributed by atoms with van der Waals surface area (Å²) < 4.78 is 10.8. The number of carbonyl (C=O) groups excluding carboxylic acids is 1. The first-order valence-electron chi connectivity index (χ1n) is 6.80. The molecule has 2 atom stereocenters. The molecule has 0 radical (unpaired) electrons. The van der Waals surface area contributed by atoms with Crippen molar-refractivity contribution in [3.63, 3.8) is 0 Å². The summed E-state index contributed by atoms with van der Waals surface area (Å²) >= 11 is 0. The summed E-state index contributed by atoms with van der Waals surface area (Å²) in [5.74, 6) is 1.01. The van der Waals surface area contributed by atoms with Gasteiger partial charge in [0.15, 0.2) is 6.10 Å². The van der Waals surface area contributed by atoms with Crippen molar-refractivity contribution in [2.75, 3.05) is 0 Å². The van der Waals surface area contributed by atoms with E-state index in [1.165, 1.54) is 0 Å². The van der Waals surface area contributed by atoms with E-state index in [9.17, 15) is 4.79 Å². The molecule has 0 aliphatic carbocycles. The smallest absolute Gasteiger partial charge is 0.261 e. The Morgan fingerprint density at radius 3 is 2.81 bits per heavy atom. The highest BCUT2D eigenvalue weighted by Gasteiger charge is 2.18. The maximum Gasteiger partial charge on any atom is 0.261 e. The van der Waals surface area contributed by atoms with Crippen LogP contribution in [0, 0.1) is 0 Å². The molecule has 0 aliphatic rings. The molecular weight excluding hydrogens is 270 g/mol. The molecule has 0 saturated heterocycles. The normalized spacial score (nSPS) is 13.5. The second-order valence-electron chi connectivity index (χ2n) is 4.81. The summed E-state index contributed by atoms with van der Waals surface area (Å²) in [6.45, 7) is 3.46. The topological polar surface area (TPSA) is 71.7 Å². The minimum atomic E-state index is -0.642. The molecule has 0 aliphatic heterocycles. The van der Waals surface area contributed by atoms with Crippen LogP contribution in [0.4, 0.5) is 0 Å². The fourth-order valence-corrected chi connectivity index (χ4v) is 1.91. The first-order valence-corrected chi connectivity index (χ1v) is 6.80. The van der Waals surface area contributed by atoms with Gasteiger partial charge in [-0.15, -0.1) is 0 Å². The van der Waals surface area contributed by atoms with Crippen LogP contribution in [0.25, 0.3) is 0 Å². The van der Waals surface area contributed by atoms with E-state index < -0.39 is 6.10 Å². The number of furan rings is 1. The predicted molar refractivity (Wildman–Crippen MR) is 77.7 cm³/mol. The van der Waals surface area contributed by atoms with Gasteiger partial charge in [-0.25, -0.2) is 0 Å². The van der Waals surface area contributed by atoms with Crippen LogP contribution in [0.2, 0.25) is 0 Å². The summed E-state index contributed by atoms with van der Waals surface area (Å²) in [5.41, 5.74) is 0.740. The molecule has 5 nitrogen and oxygen atoms in total. The third-order valence-corrected chi connectivity index (χ3v) is 3.09. The first-order chi connectivity index (χ1) is 10.1. The summed E-state index contributed by atoms with van der Waals surface area (Å²) in [6.07, 6.45) is 0.925.